The molecule has 4 saturated heterocycles. The highest BCUT2D eigenvalue weighted by molar-refractivity contribution is 6.43. The molecular weight excluding hydrogens is 788 g/mol. The lowest BCUT2D eigenvalue weighted by Crippen LogP contribution is -2.41. The number of ether oxygens (including phenoxy) is 2. The number of nitrogens with zero attached hydrogens (tertiary/aromatic N) is 6. The number of likely N-dealkylation sites (tertiary alicyclic amines) is 2. The molecule has 59 heavy (non-hydrogen) atoms. The summed E-state index contributed by atoms with van der Waals surface area (Å²) in [5, 5.41) is 15.5. The number of amides is 1. The van der Waals surface area contributed by atoms with Crippen LogP contribution in [0.5, 0.6) is 11.8 Å². The molecular formula is C46H48Cl2FN7O3. The van der Waals surface area contributed by atoms with E-state index in [1.54, 1.807) is 24.4 Å². The van der Waals surface area contributed by atoms with Gasteiger partial charge in [0.15, 0.2) is 5.82 Å². The minimum atomic E-state index is -0.538. The standard InChI is InChI=1S/C46H48Cl2FN7O3/c1-25(34-12-8-18-54(34)3)58-44-31-22-36(35-21-28(59-37-13-4-5-17-51-37)24-55(35)45(57)46(2)14-15-46)56(42-27-20-33(42)52-23-27)43(31)30-19-26(9-7-16-50)38(40(49)41(30)53-44)29-10-6-11-32(47)39(29)48/h4-6,10-11,13,17,19,22,25,27-28,33-35,42,52H,7-9,12,14-15,18,20-21,23-24H2,1-3H3. The number of aryl methyl sites for hydroxylation is 1. The van der Waals surface area contributed by atoms with E-state index in [9.17, 15) is 10.1 Å². The molecule has 7 heterocycles. The summed E-state index contributed by atoms with van der Waals surface area (Å²) >= 11 is 13.3. The second kappa shape index (κ2) is 14.9. The van der Waals surface area contributed by atoms with Crippen molar-refractivity contribution in [3.63, 3.8) is 0 Å². The number of aromatic nitrogens is 3. The third kappa shape index (κ3) is 6.53. The number of hydrogen-bond donors (Lipinski definition) is 1. The zero-order valence-corrected chi connectivity index (χ0v) is 35.1. The monoisotopic (exact) mass is 835 g/mol. The highest BCUT2D eigenvalue weighted by Gasteiger charge is 2.54. The molecule has 10 nitrogen and oxygen atoms in total. The Kier molecular flexibility index (Phi) is 9.78. The minimum Gasteiger partial charge on any atom is -0.472 e. The highest BCUT2D eigenvalue weighted by Crippen LogP contribution is 2.54. The smallest absolute Gasteiger partial charge is 0.229 e. The van der Waals surface area contributed by atoms with Gasteiger partial charge in [0.05, 0.1) is 45.6 Å². The lowest BCUT2D eigenvalue weighted by atomic mass is 9.79. The van der Waals surface area contributed by atoms with Crippen LogP contribution in [0.4, 0.5) is 4.39 Å². The Morgan fingerprint density at radius 1 is 1.15 bits per heavy atom. The van der Waals surface area contributed by atoms with Crippen LogP contribution in [0.15, 0.2) is 54.7 Å². The van der Waals surface area contributed by atoms with Crippen LogP contribution in [0.25, 0.3) is 32.9 Å². The largest absolute Gasteiger partial charge is 0.472 e. The van der Waals surface area contributed by atoms with Crippen LogP contribution in [0.1, 0.15) is 82.1 Å². The predicted molar refractivity (Wildman–Crippen MR) is 226 cm³/mol. The number of halogens is 3. The number of pyridine rings is 2. The van der Waals surface area contributed by atoms with Gasteiger partial charge in [-0.1, -0.05) is 48.3 Å². The average Bonchev–Trinajstić information content (AvgIpc) is 3.84. The first-order valence-electron chi connectivity index (χ1n) is 21.0. The molecule has 0 spiro atoms. The van der Waals surface area contributed by atoms with Gasteiger partial charge in [-0.05, 0) is 94.8 Å². The molecule has 6 aliphatic rings. The summed E-state index contributed by atoms with van der Waals surface area (Å²) in [6.45, 7) is 6.42. The number of nitrogens with one attached hydrogen (secondary N) is 1. The molecule has 2 aromatic carbocycles. The fourth-order valence-electron chi connectivity index (χ4n) is 10.5. The molecule has 6 fully saturated rings. The van der Waals surface area contributed by atoms with E-state index < -0.39 is 11.2 Å². The normalized spacial score (nSPS) is 26.3. The molecule has 11 rings (SSSR count). The predicted octanol–water partition coefficient (Wildman–Crippen LogP) is 9.07. The number of likely N-dealkylation sites (N-methyl/N-ethyl adjacent to an activating group) is 1. The summed E-state index contributed by atoms with van der Waals surface area (Å²) in [7, 11) is 2.12. The average molecular weight is 837 g/mol. The fourth-order valence-corrected chi connectivity index (χ4v) is 10.9. The molecule has 2 aliphatic carbocycles. The van der Waals surface area contributed by atoms with Gasteiger partial charge < -0.3 is 24.3 Å². The van der Waals surface area contributed by atoms with E-state index in [0.29, 0.717) is 58.6 Å². The molecule has 1 amide bonds. The highest BCUT2D eigenvalue weighted by atomic mass is 35.5. The lowest BCUT2D eigenvalue weighted by Gasteiger charge is -2.39. The Hall–Kier alpha value is -4.47. The van der Waals surface area contributed by atoms with Crippen LogP contribution in [-0.2, 0) is 11.2 Å². The minimum absolute atomic E-state index is 0.0660. The van der Waals surface area contributed by atoms with Crippen molar-refractivity contribution >= 4 is 50.9 Å². The van der Waals surface area contributed by atoms with E-state index >= 15 is 4.39 Å². The Morgan fingerprint density at radius 2 is 2.00 bits per heavy atom. The van der Waals surface area contributed by atoms with Gasteiger partial charge >= 0.3 is 0 Å². The number of benzene rings is 2. The van der Waals surface area contributed by atoms with Gasteiger partial charge in [-0.2, -0.15) is 5.26 Å². The maximum Gasteiger partial charge on any atom is 0.229 e. The van der Waals surface area contributed by atoms with E-state index in [-0.39, 0.29) is 64.8 Å². The maximum absolute atomic E-state index is 17.8. The Labute approximate surface area is 353 Å². The number of fused-ring (bicyclic) bond motifs is 4. The van der Waals surface area contributed by atoms with Crippen LogP contribution in [0.3, 0.4) is 0 Å². The van der Waals surface area contributed by atoms with Crippen LogP contribution in [0, 0.1) is 28.5 Å². The van der Waals surface area contributed by atoms with Crippen LogP contribution < -0.4 is 14.8 Å². The van der Waals surface area contributed by atoms with Crippen LogP contribution in [0.2, 0.25) is 10.0 Å². The van der Waals surface area contributed by atoms with Crippen molar-refractivity contribution in [3.05, 3.63) is 81.8 Å². The fraction of sp³-hybridized carbons (Fsp3) is 0.478. The Morgan fingerprint density at radius 3 is 2.69 bits per heavy atom. The quantitative estimate of drug-likeness (QED) is 0.141. The molecule has 1 N–H and O–H groups in total. The van der Waals surface area contributed by atoms with E-state index in [0.717, 1.165) is 61.8 Å². The van der Waals surface area contributed by atoms with Gasteiger partial charge in [-0.15, -0.1) is 0 Å². The summed E-state index contributed by atoms with van der Waals surface area (Å²) in [6, 6.07) is 17.4. The van der Waals surface area contributed by atoms with Crippen LogP contribution in [-0.4, -0.2) is 81.2 Å². The summed E-state index contributed by atoms with van der Waals surface area (Å²) in [5.74, 6) is 0.832. The first kappa shape index (κ1) is 38.7. The topological polar surface area (TPSA) is 109 Å². The molecule has 7 atom stereocenters. The van der Waals surface area contributed by atoms with Crippen molar-refractivity contribution in [2.45, 2.75) is 102 Å². The van der Waals surface area contributed by atoms with Gasteiger partial charge in [0.25, 0.3) is 0 Å². The molecule has 7 unspecified atom stereocenters. The van der Waals surface area contributed by atoms with E-state index in [1.165, 1.54) is 0 Å². The van der Waals surface area contributed by atoms with Crippen molar-refractivity contribution in [1.29, 1.82) is 5.26 Å². The van der Waals surface area contributed by atoms with Crippen molar-refractivity contribution in [1.82, 2.24) is 29.7 Å². The van der Waals surface area contributed by atoms with Gasteiger partial charge in [-0.25, -0.2) is 14.4 Å². The SMILES string of the molecule is CC(Oc1nc2c(F)c(-c3cccc(Cl)c3Cl)c(CCC#N)cc2c2c1cc(C1CC(Oc3ccccn3)CN1C(=O)C1(C)CC1)n2C1C2CNC1C2)C1CCCN1C. The van der Waals surface area contributed by atoms with Crippen molar-refractivity contribution in [2.24, 2.45) is 11.3 Å². The van der Waals surface area contributed by atoms with Crippen LogP contribution >= 0.6 is 23.2 Å². The zero-order valence-electron chi connectivity index (χ0n) is 33.6. The van der Waals surface area contributed by atoms with Crippen molar-refractivity contribution in [3.8, 4) is 29.0 Å². The summed E-state index contributed by atoms with van der Waals surface area (Å²) in [6.07, 6.45) is 7.04. The van der Waals surface area contributed by atoms with E-state index in [2.05, 4.69) is 52.8 Å². The molecule has 2 saturated carbocycles. The zero-order chi connectivity index (χ0) is 40.7. The van der Waals surface area contributed by atoms with E-state index in [4.69, 9.17) is 37.7 Å². The van der Waals surface area contributed by atoms with Gasteiger partial charge in [-0.3, -0.25) is 9.69 Å². The second-order valence-corrected chi connectivity index (χ2v) is 18.5. The lowest BCUT2D eigenvalue weighted by molar-refractivity contribution is -0.137. The third-order valence-electron chi connectivity index (χ3n) is 13.9. The summed E-state index contributed by atoms with van der Waals surface area (Å²) in [5.41, 5.74) is 2.93. The number of carbonyl (C=O) groups excluding carboxylic acids is 1. The number of rotatable bonds is 11. The summed E-state index contributed by atoms with van der Waals surface area (Å²) < 4.78 is 33.7. The number of hydrogen-bond acceptors (Lipinski definition) is 8. The molecule has 13 heteroatoms. The number of carbonyl (C=O) groups is 1. The first-order valence-corrected chi connectivity index (χ1v) is 21.8. The van der Waals surface area contributed by atoms with E-state index in [1.807, 2.05) is 29.2 Å². The molecule has 306 valence electrons. The first-order chi connectivity index (χ1) is 28.5. The maximum atomic E-state index is 17.8. The Bertz CT molecular complexity index is 2510. The summed E-state index contributed by atoms with van der Waals surface area (Å²) in [4.78, 5) is 28.5. The number of nitriles is 1. The third-order valence-corrected chi connectivity index (χ3v) is 14.7. The van der Waals surface area contributed by atoms with Gasteiger partial charge in [0.2, 0.25) is 17.7 Å². The van der Waals surface area contributed by atoms with Gasteiger partial charge in [0, 0.05) is 71.4 Å². The molecule has 3 aromatic heterocycles. The molecule has 0 radical (unpaired) electrons. The van der Waals surface area contributed by atoms with Crippen molar-refractivity contribution < 1.29 is 18.7 Å². The molecule has 2 bridgehead atoms. The Balaban J connectivity index is 1.23. The molecule has 4 aliphatic heterocycles. The second-order valence-electron chi connectivity index (χ2n) is 17.7. The molecule has 5 aromatic rings. The van der Waals surface area contributed by atoms with Gasteiger partial charge in [0.1, 0.15) is 17.7 Å². The van der Waals surface area contributed by atoms with Crippen molar-refractivity contribution in [2.75, 3.05) is 26.7 Å².